The lowest BCUT2D eigenvalue weighted by atomic mass is 10.0. The number of carboxylic acids is 1. The van der Waals surface area contributed by atoms with E-state index in [1.807, 2.05) is 0 Å². The topological polar surface area (TPSA) is 58.6 Å². The normalized spacial score (nSPS) is 10.8. The van der Waals surface area contributed by atoms with Crippen LogP contribution in [-0.4, -0.2) is 17.6 Å². The SMILES string of the molecule is Cc1cccc(COc2cc(C)c(C)cc2CNCCCCCC(=O)O)c1. The molecule has 0 aliphatic carbocycles. The van der Waals surface area contributed by atoms with Crippen molar-refractivity contribution in [2.24, 2.45) is 0 Å². The molecule has 2 aromatic rings. The minimum absolute atomic E-state index is 0.258. The quantitative estimate of drug-likeness (QED) is 0.552. The van der Waals surface area contributed by atoms with Gasteiger partial charge in [-0.2, -0.15) is 0 Å². The maximum Gasteiger partial charge on any atom is 0.303 e. The first-order valence-electron chi connectivity index (χ1n) is 9.66. The molecular weight excluding hydrogens is 338 g/mol. The highest BCUT2D eigenvalue weighted by Crippen LogP contribution is 2.24. The van der Waals surface area contributed by atoms with Crippen LogP contribution in [0, 0.1) is 20.8 Å². The third-order valence-electron chi connectivity index (χ3n) is 4.71. The second-order valence-electron chi connectivity index (χ2n) is 7.20. The highest BCUT2D eigenvalue weighted by Gasteiger charge is 2.08. The van der Waals surface area contributed by atoms with Crippen molar-refractivity contribution in [3.05, 3.63) is 64.2 Å². The van der Waals surface area contributed by atoms with Gasteiger partial charge in [-0.25, -0.2) is 0 Å². The van der Waals surface area contributed by atoms with Crippen molar-refractivity contribution in [3.63, 3.8) is 0 Å². The van der Waals surface area contributed by atoms with Crippen LogP contribution >= 0.6 is 0 Å². The molecule has 146 valence electrons. The van der Waals surface area contributed by atoms with Crippen molar-refractivity contribution < 1.29 is 14.6 Å². The zero-order valence-electron chi connectivity index (χ0n) is 16.7. The van der Waals surface area contributed by atoms with E-state index in [0.29, 0.717) is 6.61 Å². The first-order chi connectivity index (χ1) is 13.0. The molecule has 2 N–H and O–H groups in total. The number of aliphatic carboxylic acids is 1. The summed E-state index contributed by atoms with van der Waals surface area (Å²) < 4.78 is 6.13. The summed E-state index contributed by atoms with van der Waals surface area (Å²) in [5.74, 6) is 0.214. The van der Waals surface area contributed by atoms with Crippen LogP contribution in [0.15, 0.2) is 36.4 Å². The van der Waals surface area contributed by atoms with Gasteiger partial charge in [0.2, 0.25) is 0 Å². The molecular formula is C23H31NO3. The Morgan fingerprint density at radius 2 is 1.81 bits per heavy atom. The average molecular weight is 370 g/mol. The Labute approximate surface area is 162 Å². The van der Waals surface area contributed by atoms with Crippen LogP contribution in [0.5, 0.6) is 5.75 Å². The number of carboxylic acid groups (broad SMARTS) is 1. The first-order valence-corrected chi connectivity index (χ1v) is 9.66. The summed E-state index contributed by atoms with van der Waals surface area (Å²) in [5, 5.41) is 12.1. The maximum atomic E-state index is 10.5. The largest absolute Gasteiger partial charge is 0.489 e. The number of hydrogen-bond acceptors (Lipinski definition) is 3. The summed E-state index contributed by atoms with van der Waals surface area (Å²) in [7, 11) is 0. The minimum Gasteiger partial charge on any atom is -0.489 e. The van der Waals surface area contributed by atoms with E-state index in [2.05, 4.69) is 62.5 Å². The number of aryl methyl sites for hydroxylation is 3. The fraction of sp³-hybridized carbons (Fsp3) is 0.435. The Morgan fingerprint density at radius 3 is 2.56 bits per heavy atom. The molecule has 0 aliphatic rings. The Hall–Kier alpha value is -2.33. The average Bonchev–Trinajstić information content (AvgIpc) is 2.62. The van der Waals surface area contributed by atoms with E-state index in [1.165, 1.54) is 22.3 Å². The highest BCUT2D eigenvalue weighted by atomic mass is 16.5. The van der Waals surface area contributed by atoms with Crippen molar-refractivity contribution in [1.29, 1.82) is 0 Å². The van der Waals surface area contributed by atoms with E-state index in [1.54, 1.807) is 0 Å². The fourth-order valence-corrected chi connectivity index (χ4v) is 3.01. The number of ether oxygens (including phenoxy) is 1. The summed E-state index contributed by atoms with van der Waals surface area (Å²) in [6.45, 7) is 8.51. The molecule has 0 spiro atoms. The molecule has 0 fully saturated rings. The molecule has 0 unspecified atom stereocenters. The van der Waals surface area contributed by atoms with Crippen molar-refractivity contribution in [1.82, 2.24) is 5.32 Å². The number of benzene rings is 2. The summed E-state index contributed by atoms with van der Waals surface area (Å²) in [4.78, 5) is 10.5. The summed E-state index contributed by atoms with van der Waals surface area (Å²) in [6.07, 6.45) is 2.92. The molecule has 0 atom stereocenters. The highest BCUT2D eigenvalue weighted by molar-refractivity contribution is 5.66. The van der Waals surface area contributed by atoms with Gasteiger partial charge in [0, 0.05) is 18.5 Å². The van der Waals surface area contributed by atoms with Gasteiger partial charge in [-0.05, 0) is 62.9 Å². The van der Waals surface area contributed by atoms with Crippen molar-refractivity contribution in [2.75, 3.05) is 6.54 Å². The number of hydrogen-bond donors (Lipinski definition) is 2. The predicted octanol–water partition coefficient (Wildman–Crippen LogP) is 4.93. The third-order valence-corrected chi connectivity index (χ3v) is 4.71. The van der Waals surface area contributed by atoms with Gasteiger partial charge >= 0.3 is 5.97 Å². The number of unbranched alkanes of at least 4 members (excludes halogenated alkanes) is 2. The Morgan fingerprint density at radius 1 is 1.04 bits per heavy atom. The lowest BCUT2D eigenvalue weighted by Gasteiger charge is -2.15. The van der Waals surface area contributed by atoms with Crippen LogP contribution in [0.3, 0.4) is 0 Å². The Kier molecular flexibility index (Phi) is 8.34. The van der Waals surface area contributed by atoms with E-state index in [-0.39, 0.29) is 6.42 Å². The van der Waals surface area contributed by atoms with Crippen molar-refractivity contribution in [3.8, 4) is 5.75 Å². The summed E-state index contributed by atoms with van der Waals surface area (Å²) in [5.41, 5.74) is 6.06. The van der Waals surface area contributed by atoms with Crippen LogP contribution in [0.25, 0.3) is 0 Å². The van der Waals surface area contributed by atoms with Gasteiger partial charge in [0.1, 0.15) is 12.4 Å². The van der Waals surface area contributed by atoms with Gasteiger partial charge in [0.25, 0.3) is 0 Å². The third kappa shape index (κ3) is 7.43. The molecule has 0 amide bonds. The molecule has 4 nitrogen and oxygen atoms in total. The Balaban J connectivity index is 1.89. The van der Waals surface area contributed by atoms with Crippen LogP contribution in [0.4, 0.5) is 0 Å². The van der Waals surface area contributed by atoms with Crippen LogP contribution in [0.2, 0.25) is 0 Å². The van der Waals surface area contributed by atoms with Gasteiger partial charge in [-0.15, -0.1) is 0 Å². The molecule has 4 heteroatoms. The molecule has 0 saturated carbocycles. The molecule has 2 aromatic carbocycles. The molecule has 2 rings (SSSR count). The van der Waals surface area contributed by atoms with E-state index < -0.39 is 5.97 Å². The smallest absolute Gasteiger partial charge is 0.303 e. The first kappa shape index (κ1) is 21.0. The van der Waals surface area contributed by atoms with Gasteiger partial charge in [-0.1, -0.05) is 42.3 Å². The fourth-order valence-electron chi connectivity index (χ4n) is 3.01. The second-order valence-corrected chi connectivity index (χ2v) is 7.20. The zero-order valence-corrected chi connectivity index (χ0v) is 16.7. The van der Waals surface area contributed by atoms with Crippen LogP contribution in [0.1, 0.15) is 53.5 Å². The molecule has 27 heavy (non-hydrogen) atoms. The molecule has 0 aliphatic heterocycles. The zero-order chi connectivity index (χ0) is 19.6. The number of rotatable bonds is 11. The second kappa shape index (κ2) is 10.7. The molecule has 0 aromatic heterocycles. The minimum atomic E-state index is -0.714. The van der Waals surface area contributed by atoms with Gasteiger partial charge in [0.05, 0.1) is 0 Å². The van der Waals surface area contributed by atoms with Gasteiger partial charge in [0.15, 0.2) is 0 Å². The lowest BCUT2D eigenvalue weighted by molar-refractivity contribution is -0.137. The van der Waals surface area contributed by atoms with E-state index >= 15 is 0 Å². The standard InChI is InChI=1S/C23H31NO3/c1-17-8-7-9-20(12-17)16-27-22-14-19(3)18(2)13-21(22)15-24-11-6-4-5-10-23(25)26/h7-9,12-14,24H,4-6,10-11,15-16H2,1-3H3,(H,25,26). The van der Waals surface area contributed by atoms with E-state index in [4.69, 9.17) is 9.84 Å². The predicted molar refractivity (Wildman–Crippen MR) is 109 cm³/mol. The van der Waals surface area contributed by atoms with Crippen LogP contribution < -0.4 is 10.1 Å². The maximum absolute atomic E-state index is 10.5. The molecule has 0 radical (unpaired) electrons. The monoisotopic (exact) mass is 369 g/mol. The lowest BCUT2D eigenvalue weighted by Crippen LogP contribution is -2.16. The van der Waals surface area contributed by atoms with E-state index in [9.17, 15) is 4.79 Å². The molecule has 0 saturated heterocycles. The Bertz CT molecular complexity index is 755. The summed E-state index contributed by atoms with van der Waals surface area (Å²) in [6, 6.07) is 12.7. The van der Waals surface area contributed by atoms with E-state index in [0.717, 1.165) is 43.7 Å². The van der Waals surface area contributed by atoms with Gasteiger partial charge in [-0.3, -0.25) is 4.79 Å². The van der Waals surface area contributed by atoms with Crippen LogP contribution in [-0.2, 0) is 17.9 Å². The van der Waals surface area contributed by atoms with Crippen molar-refractivity contribution in [2.45, 2.75) is 59.6 Å². The number of nitrogens with one attached hydrogen (secondary N) is 1. The molecule has 0 heterocycles. The van der Waals surface area contributed by atoms with Gasteiger partial charge < -0.3 is 15.2 Å². The number of carbonyl (C=O) groups is 1. The van der Waals surface area contributed by atoms with Crippen molar-refractivity contribution >= 4 is 5.97 Å². The molecule has 0 bridgehead atoms. The summed E-state index contributed by atoms with van der Waals surface area (Å²) >= 11 is 0.